The van der Waals surface area contributed by atoms with E-state index in [9.17, 15) is 8.78 Å². The lowest BCUT2D eigenvalue weighted by molar-refractivity contribution is -0.254. The molecule has 216 valence electrons. The lowest BCUT2D eigenvalue weighted by Crippen LogP contribution is -2.48. The summed E-state index contributed by atoms with van der Waals surface area (Å²) in [6.07, 6.45) is 6.62. The zero-order chi connectivity index (χ0) is 30.8. The van der Waals surface area contributed by atoms with Gasteiger partial charge < -0.3 is 0 Å². The van der Waals surface area contributed by atoms with Crippen LogP contribution in [0.2, 0.25) is 0 Å². The smallest absolute Gasteiger partial charge is 0.194 e. The highest BCUT2D eigenvalue weighted by atomic mass is 32.1. The summed E-state index contributed by atoms with van der Waals surface area (Å²) in [5.74, 6) is -4.72. The Morgan fingerprint density at radius 3 is 1.33 bits per heavy atom. The van der Waals surface area contributed by atoms with E-state index in [0.717, 1.165) is 11.1 Å². The van der Waals surface area contributed by atoms with Gasteiger partial charge in [-0.2, -0.15) is 26.3 Å². The van der Waals surface area contributed by atoms with Crippen molar-refractivity contribution >= 4 is 46.0 Å². The Balaban J connectivity index is 1.55. The molecule has 0 atom stereocenters. The van der Waals surface area contributed by atoms with E-state index < -0.39 is 28.9 Å². The van der Waals surface area contributed by atoms with Gasteiger partial charge in [0.1, 0.15) is 0 Å². The summed E-state index contributed by atoms with van der Waals surface area (Å²) in [4.78, 5) is -0.129. The molecule has 0 unspecified atom stereocenters. The van der Waals surface area contributed by atoms with Crippen LogP contribution < -0.4 is 0 Å². The second-order valence-electron chi connectivity index (χ2n) is 9.75. The molecule has 0 nitrogen and oxygen atoms in total. The van der Waals surface area contributed by atoms with Crippen LogP contribution in [0.3, 0.4) is 0 Å². The summed E-state index contributed by atoms with van der Waals surface area (Å²) in [5.41, 5.74) is -0.637. The number of hydrogen-bond donors (Lipinski definition) is 0. The first-order chi connectivity index (χ1) is 20.4. The van der Waals surface area contributed by atoms with Crippen LogP contribution in [0, 0.1) is 37.5 Å². The van der Waals surface area contributed by atoms with Gasteiger partial charge in [-0.25, -0.2) is 0 Å². The van der Waals surface area contributed by atoms with E-state index in [1.54, 1.807) is 24.3 Å². The van der Waals surface area contributed by atoms with Gasteiger partial charge in [0.05, 0.1) is 20.9 Å². The monoisotopic (exact) mass is 620 g/mol. The first-order valence-corrected chi connectivity index (χ1v) is 14.6. The first-order valence-electron chi connectivity index (χ1n) is 13.0. The van der Waals surface area contributed by atoms with Crippen molar-refractivity contribution in [1.29, 1.82) is 0 Å². The summed E-state index contributed by atoms with van der Waals surface area (Å²) in [6, 6.07) is 21.5. The van der Waals surface area contributed by atoms with Crippen LogP contribution >= 0.6 is 22.7 Å². The molecule has 0 aliphatic heterocycles. The summed E-state index contributed by atoms with van der Waals surface area (Å²) in [7, 11) is 0. The third kappa shape index (κ3) is 5.73. The SMILES string of the molecule is Cc1cc(C#C/C=C/c2ccccc2)sc1C1=C(c2sc(C#C/C=C/c3ccccc3)cc2C)C(F)(F)C(F)(F)C1(F)F. The van der Waals surface area contributed by atoms with E-state index >= 15 is 17.6 Å². The minimum atomic E-state index is -5.63. The van der Waals surface area contributed by atoms with Gasteiger partial charge in [-0.05, 0) is 72.5 Å². The van der Waals surface area contributed by atoms with Gasteiger partial charge in [0, 0.05) is 9.75 Å². The maximum atomic E-state index is 15.4. The molecule has 0 amide bonds. The van der Waals surface area contributed by atoms with Gasteiger partial charge in [0.2, 0.25) is 0 Å². The second-order valence-corrected chi connectivity index (χ2v) is 11.8. The molecule has 8 heteroatoms. The van der Waals surface area contributed by atoms with Gasteiger partial charge in [-0.3, -0.25) is 0 Å². The molecule has 43 heavy (non-hydrogen) atoms. The molecular weight excluding hydrogens is 599 g/mol. The average Bonchev–Trinajstić information content (AvgIpc) is 3.55. The van der Waals surface area contributed by atoms with Gasteiger partial charge in [-0.15, -0.1) is 22.7 Å². The molecule has 1 aliphatic rings. The average molecular weight is 621 g/mol. The lowest BCUT2D eigenvalue weighted by atomic mass is 10.0. The van der Waals surface area contributed by atoms with Gasteiger partial charge in [-0.1, -0.05) is 84.3 Å². The molecule has 0 N–H and O–H groups in total. The van der Waals surface area contributed by atoms with Crippen molar-refractivity contribution in [3.8, 4) is 23.7 Å². The predicted molar refractivity (Wildman–Crippen MR) is 164 cm³/mol. The van der Waals surface area contributed by atoms with Crippen molar-refractivity contribution in [2.24, 2.45) is 0 Å². The van der Waals surface area contributed by atoms with E-state index in [1.165, 1.54) is 26.0 Å². The van der Waals surface area contributed by atoms with Crippen LogP contribution in [0.25, 0.3) is 23.3 Å². The number of hydrogen-bond acceptors (Lipinski definition) is 2. The summed E-state index contributed by atoms with van der Waals surface area (Å²) in [5, 5.41) is 0. The number of rotatable bonds is 4. The summed E-state index contributed by atoms with van der Waals surface area (Å²) in [6.45, 7) is 2.84. The molecule has 0 saturated carbocycles. The molecule has 0 radical (unpaired) electrons. The number of allylic oxidation sites excluding steroid dienone is 4. The zero-order valence-corrected chi connectivity index (χ0v) is 24.5. The maximum absolute atomic E-state index is 15.4. The standard InChI is InChI=1S/C35H22F6S2/c1-23-21-27(19-11-9-17-25-13-5-3-6-14-25)42-31(23)29-30(34(38,39)35(40,41)33(29,36)37)32-24(2)22-28(43-32)20-12-10-18-26-15-7-4-8-16-26/h3-10,13-18,21-22H,1-2H3/b17-9+,18-10+. The summed E-state index contributed by atoms with van der Waals surface area (Å²) < 4.78 is 91.2. The number of benzene rings is 2. The zero-order valence-electron chi connectivity index (χ0n) is 22.8. The van der Waals surface area contributed by atoms with Gasteiger partial charge >= 0.3 is 17.8 Å². The van der Waals surface area contributed by atoms with Crippen molar-refractivity contribution in [3.05, 3.63) is 127 Å². The molecule has 5 rings (SSSR count). The van der Waals surface area contributed by atoms with Crippen molar-refractivity contribution < 1.29 is 26.3 Å². The topological polar surface area (TPSA) is 0 Å². The Morgan fingerprint density at radius 1 is 0.581 bits per heavy atom. The minimum Gasteiger partial charge on any atom is -0.194 e. The van der Waals surface area contributed by atoms with E-state index in [4.69, 9.17) is 0 Å². The van der Waals surface area contributed by atoms with E-state index in [0.29, 0.717) is 22.7 Å². The van der Waals surface area contributed by atoms with Crippen LogP contribution in [0.5, 0.6) is 0 Å². The van der Waals surface area contributed by atoms with Crippen molar-refractivity contribution in [2.45, 2.75) is 31.6 Å². The fraction of sp³-hybridized carbons (Fsp3) is 0.143. The largest absolute Gasteiger partial charge is 0.380 e. The number of alkyl halides is 6. The van der Waals surface area contributed by atoms with Gasteiger partial charge in [0.25, 0.3) is 0 Å². The lowest BCUT2D eigenvalue weighted by Gasteiger charge is -2.25. The molecule has 0 fully saturated rings. The third-order valence-electron chi connectivity index (χ3n) is 6.66. The third-order valence-corrected chi connectivity index (χ3v) is 9.00. The van der Waals surface area contributed by atoms with Crippen LogP contribution in [-0.4, -0.2) is 17.8 Å². The van der Waals surface area contributed by atoms with Crippen LogP contribution in [-0.2, 0) is 0 Å². The molecule has 0 saturated heterocycles. The predicted octanol–water partition coefficient (Wildman–Crippen LogP) is 10.4. The van der Waals surface area contributed by atoms with Crippen LogP contribution in [0.15, 0.2) is 84.9 Å². The van der Waals surface area contributed by atoms with E-state index in [2.05, 4.69) is 23.7 Å². The fourth-order valence-electron chi connectivity index (χ4n) is 4.55. The van der Waals surface area contributed by atoms with Crippen LogP contribution in [0.1, 0.15) is 41.8 Å². The number of aryl methyl sites for hydroxylation is 2. The molecule has 2 aromatic carbocycles. The maximum Gasteiger partial charge on any atom is 0.380 e. The Morgan fingerprint density at radius 2 is 0.953 bits per heavy atom. The Kier molecular flexibility index (Phi) is 8.29. The quantitative estimate of drug-likeness (QED) is 0.157. The number of thiophene rings is 2. The Labute approximate surface area is 253 Å². The Hall–Kier alpha value is -4.24. The fourth-order valence-corrected chi connectivity index (χ4v) is 6.79. The van der Waals surface area contributed by atoms with Crippen LogP contribution in [0.4, 0.5) is 26.3 Å². The molecule has 0 spiro atoms. The van der Waals surface area contributed by atoms with Crippen molar-refractivity contribution in [3.63, 3.8) is 0 Å². The molecule has 2 heterocycles. The highest BCUT2D eigenvalue weighted by Crippen LogP contribution is 2.66. The van der Waals surface area contributed by atoms with Crippen molar-refractivity contribution in [1.82, 2.24) is 0 Å². The molecule has 4 aromatic rings. The van der Waals surface area contributed by atoms with E-state index in [1.807, 2.05) is 60.7 Å². The minimum absolute atomic E-state index is 0.155. The second kappa shape index (κ2) is 11.8. The molecular formula is C35H22F6S2. The van der Waals surface area contributed by atoms with Crippen molar-refractivity contribution in [2.75, 3.05) is 0 Å². The highest BCUT2D eigenvalue weighted by molar-refractivity contribution is 7.15. The van der Waals surface area contributed by atoms with Gasteiger partial charge in [0.15, 0.2) is 0 Å². The van der Waals surface area contributed by atoms with E-state index in [-0.39, 0.29) is 30.6 Å². The molecule has 0 bridgehead atoms. The molecule has 1 aliphatic carbocycles. The number of halogens is 6. The first kappa shape index (κ1) is 30.2. The molecule has 2 aromatic heterocycles. The Bertz CT molecular complexity index is 1730. The normalized spacial score (nSPS) is 16.7. The highest BCUT2D eigenvalue weighted by Gasteiger charge is 2.80. The summed E-state index contributed by atoms with van der Waals surface area (Å²) >= 11 is 1.38.